The van der Waals surface area contributed by atoms with Gasteiger partial charge >= 0.3 is 0 Å². The highest BCUT2D eigenvalue weighted by atomic mass is 32.2. The molecule has 1 aromatic rings. The van der Waals surface area contributed by atoms with Crippen LogP contribution < -0.4 is 4.31 Å². The summed E-state index contributed by atoms with van der Waals surface area (Å²) in [5.41, 5.74) is 0.698. The minimum absolute atomic E-state index is 0.201. The molecule has 0 atom stereocenters. The zero-order valence-electron chi connectivity index (χ0n) is 12.5. The monoisotopic (exact) mass is 321 g/mol. The van der Waals surface area contributed by atoms with Crippen molar-refractivity contribution in [2.45, 2.75) is 19.3 Å². The first-order valence-electron chi connectivity index (χ1n) is 7.17. The second kappa shape index (κ2) is 6.79. The number of sulfonamides is 1. The molecular weight excluding hydrogens is 302 g/mol. The third-order valence-corrected chi connectivity index (χ3v) is 4.79. The molecule has 0 unspecified atom stereocenters. The molecule has 1 heterocycles. The first kappa shape index (κ1) is 16.3. The molecule has 2 rings (SSSR count). The van der Waals surface area contributed by atoms with Crippen LogP contribution in [0.1, 0.15) is 24.8 Å². The molecule has 1 amide bonds. The van der Waals surface area contributed by atoms with E-state index in [1.165, 1.54) is 6.07 Å². The summed E-state index contributed by atoms with van der Waals surface area (Å²) in [4.78, 5) is 14.0. The van der Waals surface area contributed by atoms with Crippen molar-refractivity contribution in [2.24, 2.45) is 0 Å². The van der Waals surface area contributed by atoms with Crippen LogP contribution in [-0.2, 0) is 14.8 Å². The fourth-order valence-corrected chi connectivity index (χ4v) is 3.34. The number of amides is 1. The molecule has 7 heteroatoms. The van der Waals surface area contributed by atoms with Gasteiger partial charge in [0.25, 0.3) is 0 Å². The third-order valence-electron chi connectivity index (χ3n) is 3.65. The van der Waals surface area contributed by atoms with Gasteiger partial charge < -0.3 is 4.90 Å². The van der Waals surface area contributed by atoms with E-state index in [4.69, 9.17) is 5.26 Å². The quantitative estimate of drug-likeness (QED) is 0.838. The molecule has 118 valence electrons. The van der Waals surface area contributed by atoms with Crippen molar-refractivity contribution in [3.05, 3.63) is 29.8 Å². The summed E-state index contributed by atoms with van der Waals surface area (Å²) in [6.45, 7) is 1.12. The van der Waals surface area contributed by atoms with Crippen LogP contribution >= 0.6 is 0 Å². The topological polar surface area (TPSA) is 81.5 Å². The second-order valence-corrected chi connectivity index (χ2v) is 7.28. The molecular formula is C15H19N3O3S. The van der Waals surface area contributed by atoms with Gasteiger partial charge in [-0.3, -0.25) is 9.10 Å². The number of carbonyl (C=O) groups is 1. The lowest BCUT2D eigenvalue weighted by Crippen LogP contribution is -2.44. The molecule has 0 bridgehead atoms. The predicted molar refractivity (Wildman–Crippen MR) is 83.8 cm³/mol. The van der Waals surface area contributed by atoms with Gasteiger partial charge in [-0.05, 0) is 37.5 Å². The van der Waals surface area contributed by atoms with Crippen LogP contribution in [0.4, 0.5) is 5.69 Å². The lowest BCUT2D eigenvalue weighted by atomic mass is 10.1. The summed E-state index contributed by atoms with van der Waals surface area (Å²) < 4.78 is 25.1. The second-order valence-electron chi connectivity index (χ2n) is 5.37. The zero-order chi connectivity index (χ0) is 16.2. The SMILES string of the molecule is CS(=O)(=O)N(CC(=O)N1CCCCC1)c1cccc(C#N)c1. The van der Waals surface area contributed by atoms with Crippen molar-refractivity contribution in [3.63, 3.8) is 0 Å². The number of nitriles is 1. The van der Waals surface area contributed by atoms with Crippen LogP contribution in [0.5, 0.6) is 0 Å². The van der Waals surface area contributed by atoms with Gasteiger partial charge in [-0.2, -0.15) is 5.26 Å². The highest BCUT2D eigenvalue weighted by molar-refractivity contribution is 7.92. The molecule has 1 saturated heterocycles. The molecule has 1 aromatic carbocycles. The van der Waals surface area contributed by atoms with Crippen LogP contribution in [0.2, 0.25) is 0 Å². The summed E-state index contributed by atoms with van der Waals surface area (Å²) in [5, 5.41) is 8.94. The number of benzene rings is 1. The van der Waals surface area contributed by atoms with Crippen molar-refractivity contribution in [3.8, 4) is 6.07 Å². The Labute approximate surface area is 131 Å². The molecule has 6 nitrogen and oxygen atoms in total. The fourth-order valence-electron chi connectivity index (χ4n) is 2.50. The van der Waals surface area contributed by atoms with Crippen molar-refractivity contribution < 1.29 is 13.2 Å². The average molecular weight is 321 g/mol. The molecule has 1 aliphatic heterocycles. The van der Waals surface area contributed by atoms with E-state index in [0.717, 1.165) is 29.8 Å². The minimum atomic E-state index is -3.60. The standard InChI is InChI=1S/C15H19N3O3S/c1-22(20,21)18(14-7-5-6-13(10-14)11-16)12-15(19)17-8-3-2-4-9-17/h5-7,10H,2-4,8-9,12H2,1H3. The fraction of sp³-hybridized carbons (Fsp3) is 0.467. The van der Waals surface area contributed by atoms with E-state index in [2.05, 4.69) is 0 Å². The predicted octanol–water partition coefficient (Wildman–Crippen LogP) is 1.34. The molecule has 1 fully saturated rings. The molecule has 0 aromatic heterocycles. The van der Waals surface area contributed by atoms with Gasteiger partial charge in [-0.1, -0.05) is 6.07 Å². The summed E-state index contributed by atoms with van der Waals surface area (Å²) in [6, 6.07) is 8.24. The first-order valence-corrected chi connectivity index (χ1v) is 9.02. The number of hydrogen-bond acceptors (Lipinski definition) is 4. The van der Waals surface area contributed by atoms with E-state index in [-0.39, 0.29) is 12.5 Å². The Balaban J connectivity index is 2.23. The molecule has 0 saturated carbocycles. The minimum Gasteiger partial charge on any atom is -0.341 e. The number of nitrogens with zero attached hydrogens (tertiary/aromatic N) is 3. The van der Waals surface area contributed by atoms with Crippen LogP contribution in [0, 0.1) is 11.3 Å². The molecule has 0 N–H and O–H groups in total. The van der Waals surface area contributed by atoms with Gasteiger partial charge in [-0.15, -0.1) is 0 Å². The van der Waals surface area contributed by atoms with Crippen LogP contribution in [0.15, 0.2) is 24.3 Å². The highest BCUT2D eigenvalue weighted by Crippen LogP contribution is 2.19. The van der Waals surface area contributed by atoms with E-state index < -0.39 is 10.0 Å². The lowest BCUT2D eigenvalue weighted by Gasteiger charge is -2.30. The number of rotatable bonds is 4. The lowest BCUT2D eigenvalue weighted by molar-refractivity contribution is -0.130. The average Bonchev–Trinajstić information content (AvgIpc) is 2.52. The Bertz CT molecular complexity index is 688. The Morgan fingerprint density at radius 2 is 2.00 bits per heavy atom. The highest BCUT2D eigenvalue weighted by Gasteiger charge is 2.25. The Morgan fingerprint density at radius 1 is 1.32 bits per heavy atom. The van der Waals surface area contributed by atoms with Crippen LogP contribution in [-0.4, -0.2) is 45.1 Å². The number of likely N-dealkylation sites (tertiary alicyclic amines) is 1. The van der Waals surface area contributed by atoms with Gasteiger partial charge in [0.2, 0.25) is 15.9 Å². The van der Waals surface area contributed by atoms with E-state index >= 15 is 0 Å². The normalized spacial score (nSPS) is 15.2. The number of carbonyl (C=O) groups excluding carboxylic acids is 1. The number of anilines is 1. The molecule has 0 spiro atoms. The Morgan fingerprint density at radius 3 is 2.59 bits per heavy atom. The van der Waals surface area contributed by atoms with Gasteiger partial charge in [-0.25, -0.2) is 8.42 Å². The van der Waals surface area contributed by atoms with Gasteiger partial charge in [0, 0.05) is 13.1 Å². The van der Waals surface area contributed by atoms with Crippen LogP contribution in [0.25, 0.3) is 0 Å². The first-order chi connectivity index (χ1) is 10.4. The van der Waals surface area contributed by atoms with E-state index in [0.29, 0.717) is 24.3 Å². The maximum absolute atomic E-state index is 12.3. The molecule has 0 radical (unpaired) electrons. The van der Waals surface area contributed by atoms with Crippen molar-refractivity contribution in [1.29, 1.82) is 5.26 Å². The molecule has 1 aliphatic rings. The smallest absolute Gasteiger partial charge is 0.243 e. The zero-order valence-corrected chi connectivity index (χ0v) is 13.3. The summed E-state index contributed by atoms with van der Waals surface area (Å²) >= 11 is 0. The molecule has 22 heavy (non-hydrogen) atoms. The van der Waals surface area contributed by atoms with Gasteiger partial charge in [0.1, 0.15) is 6.54 Å². The van der Waals surface area contributed by atoms with Crippen LogP contribution in [0.3, 0.4) is 0 Å². The number of hydrogen-bond donors (Lipinski definition) is 0. The van der Waals surface area contributed by atoms with Crippen molar-refractivity contribution in [2.75, 3.05) is 30.2 Å². The Kier molecular flexibility index (Phi) is 5.03. The number of piperidine rings is 1. The maximum Gasteiger partial charge on any atom is 0.243 e. The van der Waals surface area contributed by atoms with Gasteiger partial charge in [0.15, 0.2) is 0 Å². The molecule has 0 aliphatic carbocycles. The Hall–Kier alpha value is -2.07. The van der Waals surface area contributed by atoms with Gasteiger partial charge in [0.05, 0.1) is 23.6 Å². The van der Waals surface area contributed by atoms with Crippen molar-refractivity contribution >= 4 is 21.6 Å². The van der Waals surface area contributed by atoms with E-state index in [1.807, 2.05) is 6.07 Å². The van der Waals surface area contributed by atoms with E-state index in [9.17, 15) is 13.2 Å². The van der Waals surface area contributed by atoms with Crippen molar-refractivity contribution in [1.82, 2.24) is 4.90 Å². The maximum atomic E-state index is 12.3. The third kappa shape index (κ3) is 3.98. The van der Waals surface area contributed by atoms with E-state index in [1.54, 1.807) is 23.1 Å². The summed E-state index contributed by atoms with van der Waals surface area (Å²) in [7, 11) is -3.60. The summed E-state index contributed by atoms with van der Waals surface area (Å²) in [5.74, 6) is -0.201. The summed E-state index contributed by atoms with van der Waals surface area (Å²) in [6.07, 6.45) is 4.07. The largest absolute Gasteiger partial charge is 0.341 e.